The summed E-state index contributed by atoms with van der Waals surface area (Å²) in [7, 11) is 0. The highest BCUT2D eigenvalue weighted by Crippen LogP contribution is 2.29. The highest BCUT2D eigenvalue weighted by molar-refractivity contribution is 9.10. The van der Waals surface area contributed by atoms with Crippen LogP contribution in [0.5, 0.6) is 0 Å². The molecule has 8 heteroatoms. The molecule has 1 amide bonds. The fourth-order valence-corrected chi connectivity index (χ4v) is 3.73. The third-order valence-electron chi connectivity index (χ3n) is 4.65. The van der Waals surface area contributed by atoms with E-state index in [4.69, 9.17) is 11.6 Å². The van der Waals surface area contributed by atoms with Crippen LogP contribution in [0.25, 0.3) is 10.9 Å². The topological polar surface area (TPSA) is 71.0 Å². The van der Waals surface area contributed by atoms with E-state index in [1.807, 2.05) is 24.3 Å². The summed E-state index contributed by atoms with van der Waals surface area (Å²) in [5, 5.41) is 4.49. The zero-order valence-electron chi connectivity index (χ0n) is 14.4. The Labute approximate surface area is 170 Å². The highest BCUT2D eigenvalue weighted by atomic mass is 79.9. The van der Waals surface area contributed by atoms with Crippen molar-refractivity contribution >= 4 is 56.0 Å². The molecular weight excluding hydrogens is 430 g/mol. The molecule has 1 unspecified atom stereocenters. The number of benzene rings is 1. The Kier molecular flexibility index (Phi) is 5.22. The predicted octanol–water partition coefficient (Wildman–Crippen LogP) is 4.30. The van der Waals surface area contributed by atoms with Gasteiger partial charge in [0.15, 0.2) is 0 Å². The fourth-order valence-electron chi connectivity index (χ4n) is 3.33. The quantitative estimate of drug-likeness (QED) is 0.650. The van der Waals surface area contributed by atoms with Gasteiger partial charge in [-0.2, -0.15) is 0 Å². The van der Waals surface area contributed by atoms with Crippen LogP contribution in [0.2, 0.25) is 5.02 Å². The van der Waals surface area contributed by atoms with Gasteiger partial charge in [-0.05, 0) is 59.1 Å². The number of nitrogens with zero attached hydrogens (tertiary/aromatic N) is 4. The molecule has 1 N–H and O–H groups in total. The van der Waals surface area contributed by atoms with Crippen molar-refractivity contribution in [3.05, 3.63) is 52.4 Å². The van der Waals surface area contributed by atoms with Gasteiger partial charge in [-0.1, -0.05) is 11.6 Å². The second kappa shape index (κ2) is 7.78. The molecule has 138 valence electrons. The van der Waals surface area contributed by atoms with Crippen LogP contribution in [0, 0.1) is 5.92 Å². The van der Waals surface area contributed by atoms with Gasteiger partial charge < -0.3 is 10.2 Å². The number of piperidine rings is 1. The Balaban J connectivity index is 1.53. The molecule has 3 aromatic rings. The smallest absolute Gasteiger partial charge is 0.230 e. The minimum atomic E-state index is -0.124. The average molecular weight is 447 g/mol. The van der Waals surface area contributed by atoms with Crippen molar-refractivity contribution < 1.29 is 4.79 Å². The van der Waals surface area contributed by atoms with E-state index >= 15 is 0 Å². The first-order chi connectivity index (χ1) is 13.1. The minimum absolute atomic E-state index is 0.0177. The number of pyridine rings is 1. The van der Waals surface area contributed by atoms with Crippen LogP contribution in [-0.4, -0.2) is 33.9 Å². The van der Waals surface area contributed by atoms with Gasteiger partial charge in [0.1, 0.15) is 18.0 Å². The molecule has 2 aromatic heterocycles. The standard InChI is InChI=1S/C19H17BrClN5O/c20-13-3-6-17(22-9-13)25-19(27)12-2-1-7-26(10-12)18-15-5-4-14(21)8-16(15)23-11-24-18/h3-6,8-9,11-12H,1-2,7,10H2,(H,22,25,27). The molecule has 0 bridgehead atoms. The molecule has 6 nitrogen and oxygen atoms in total. The number of aromatic nitrogens is 3. The van der Waals surface area contributed by atoms with Crippen LogP contribution in [0.15, 0.2) is 47.3 Å². The number of hydrogen-bond donors (Lipinski definition) is 1. The molecule has 1 aromatic carbocycles. The van der Waals surface area contributed by atoms with Gasteiger partial charge in [0.2, 0.25) is 5.91 Å². The van der Waals surface area contributed by atoms with Crippen molar-refractivity contribution in [1.82, 2.24) is 15.0 Å². The SMILES string of the molecule is O=C(Nc1ccc(Br)cn1)C1CCCN(c2ncnc3cc(Cl)ccc23)C1. The van der Waals surface area contributed by atoms with Crippen LogP contribution in [0.1, 0.15) is 12.8 Å². The highest BCUT2D eigenvalue weighted by Gasteiger charge is 2.27. The van der Waals surface area contributed by atoms with Crippen LogP contribution >= 0.6 is 27.5 Å². The van der Waals surface area contributed by atoms with Crippen LogP contribution in [0.4, 0.5) is 11.6 Å². The van der Waals surface area contributed by atoms with Crippen molar-refractivity contribution in [2.24, 2.45) is 5.92 Å². The van der Waals surface area contributed by atoms with E-state index in [2.05, 4.69) is 41.1 Å². The second-order valence-corrected chi connectivity index (χ2v) is 7.85. The fraction of sp³-hybridized carbons (Fsp3) is 0.263. The number of fused-ring (bicyclic) bond motifs is 1. The van der Waals surface area contributed by atoms with Gasteiger partial charge in [-0.15, -0.1) is 0 Å². The molecule has 1 saturated heterocycles. The number of nitrogens with one attached hydrogen (secondary N) is 1. The number of hydrogen-bond acceptors (Lipinski definition) is 5. The number of amides is 1. The summed E-state index contributed by atoms with van der Waals surface area (Å²) in [6.07, 6.45) is 4.98. The van der Waals surface area contributed by atoms with Gasteiger partial charge in [-0.25, -0.2) is 15.0 Å². The maximum atomic E-state index is 12.7. The van der Waals surface area contributed by atoms with E-state index in [0.717, 1.165) is 40.6 Å². The molecular formula is C19H17BrClN5O. The Morgan fingerprint density at radius 3 is 2.93 bits per heavy atom. The predicted molar refractivity (Wildman–Crippen MR) is 110 cm³/mol. The molecule has 1 aliphatic heterocycles. The van der Waals surface area contributed by atoms with Gasteiger partial charge in [0, 0.05) is 34.2 Å². The molecule has 1 atom stereocenters. The first kappa shape index (κ1) is 18.1. The third kappa shape index (κ3) is 4.04. The molecule has 1 aliphatic rings. The van der Waals surface area contributed by atoms with E-state index in [0.29, 0.717) is 17.4 Å². The average Bonchev–Trinajstić information content (AvgIpc) is 2.69. The number of rotatable bonds is 3. The summed E-state index contributed by atoms with van der Waals surface area (Å²) in [5.74, 6) is 1.26. The lowest BCUT2D eigenvalue weighted by Gasteiger charge is -2.33. The number of carbonyl (C=O) groups excluding carboxylic acids is 1. The first-order valence-electron chi connectivity index (χ1n) is 8.68. The van der Waals surface area contributed by atoms with Crippen LogP contribution < -0.4 is 10.2 Å². The molecule has 27 heavy (non-hydrogen) atoms. The summed E-state index contributed by atoms with van der Waals surface area (Å²) in [6.45, 7) is 1.46. The van der Waals surface area contributed by atoms with E-state index in [1.165, 1.54) is 0 Å². The van der Waals surface area contributed by atoms with Gasteiger partial charge in [0.05, 0.1) is 11.4 Å². The Morgan fingerprint density at radius 2 is 2.11 bits per heavy atom. The number of halogens is 2. The Bertz CT molecular complexity index is 982. The van der Waals surface area contributed by atoms with Gasteiger partial charge in [-0.3, -0.25) is 4.79 Å². The molecule has 1 fully saturated rings. The summed E-state index contributed by atoms with van der Waals surface area (Å²) in [4.78, 5) is 27.8. The largest absolute Gasteiger partial charge is 0.355 e. The maximum absolute atomic E-state index is 12.7. The van der Waals surface area contributed by atoms with Gasteiger partial charge >= 0.3 is 0 Å². The summed E-state index contributed by atoms with van der Waals surface area (Å²) in [6, 6.07) is 9.24. The van der Waals surface area contributed by atoms with E-state index in [9.17, 15) is 4.79 Å². The zero-order chi connectivity index (χ0) is 18.8. The second-order valence-electron chi connectivity index (χ2n) is 6.49. The molecule has 0 aliphatic carbocycles. The first-order valence-corrected chi connectivity index (χ1v) is 9.85. The van der Waals surface area contributed by atoms with Crippen molar-refractivity contribution in [2.75, 3.05) is 23.3 Å². The lowest BCUT2D eigenvalue weighted by atomic mass is 9.97. The Hall–Kier alpha value is -2.25. The van der Waals surface area contributed by atoms with E-state index in [-0.39, 0.29) is 11.8 Å². The van der Waals surface area contributed by atoms with Crippen molar-refractivity contribution in [3.8, 4) is 0 Å². The molecule has 3 heterocycles. The van der Waals surface area contributed by atoms with Crippen molar-refractivity contribution in [1.29, 1.82) is 0 Å². The lowest BCUT2D eigenvalue weighted by Crippen LogP contribution is -2.41. The summed E-state index contributed by atoms with van der Waals surface area (Å²) in [5.41, 5.74) is 0.804. The zero-order valence-corrected chi connectivity index (χ0v) is 16.7. The van der Waals surface area contributed by atoms with Crippen molar-refractivity contribution in [3.63, 3.8) is 0 Å². The monoisotopic (exact) mass is 445 g/mol. The summed E-state index contributed by atoms with van der Waals surface area (Å²) < 4.78 is 0.875. The maximum Gasteiger partial charge on any atom is 0.230 e. The lowest BCUT2D eigenvalue weighted by molar-refractivity contribution is -0.120. The molecule has 0 spiro atoms. The molecule has 4 rings (SSSR count). The van der Waals surface area contributed by atoms with Crippen LogP contribution in [0.3, 0.4) is 0 Å². The Morgan fingerprint density at radius 1 is 1.22 bits per heavy atom. The molecule has 0 saturated carbocycles. The molecule has 0 radical (unpaired) electrons. The van der Waals surface area contributed by atoms with E-state index in [1.54, 1.807) is 18.6 Å². The van der Waals surface area contributed by atoms with Gasteiger partial charge in [0.25, 0.3) is 0 Å². The third-order valence-corrected chi connectivity index (χ3v) is 5.35. The van der Waals surface area contributed by atoms with E-state index < -0.39 is 0 Å². The van der Waals surface area contributed by atoms with Crippen molar-refractivity contribution in [2.45, 2.75) is 12.8 Å². The summed E-state index contributed by atoms with van der Waals surface area (Å²) >= 11 is 9.42. The van der Waals surface area contributed by atoms with Crippen LogP contribution in [-0.2, 0) is 4.79 Å². The minimum Gasteiger partial charge on any atom is -0.355 e. The number of anilines is 2. The number of carbonyl (C=O) groups is 1. The normalized spacial score (nSPS) is 17.1.